The van der Waals surface area contributed by atoms with Gasteiger partial charge >= 0.3 is 0 Å². The van der Waals surface area contributed by atoms with Gasteiger partial charge < -0.3 is 9.84 Å². The highest BCUT2D eigenvalue weighted by Crippen LogP contribution is 2.31. The topological polar surface area (TPSA) is 29.5 Å². The molecule has 0 spiro atoms. The molecule has 0 aromatic heterocycles. The molecule has 1 heterocycles. The first-order valence-electron chi connectivity index (χ1n) is 6.13. The van der Waals surface area contributed by atoms with E-state index < -0.39 is 0 Å². The van der Waals surface area contributed by atoms with E-state index in [-0.39, 0.29) is 18.8 Å². The molecule has 0 amide bonds. The Morgan fingerprint density at radius 3 is 2.31 bits per heavy atom. The van der Waals surface area contributed by atoms with E-state index >= 15 is 0 Å². The van der Waals surface area contributed by atoms with Gasteiger partial charge in [0.25, 0.3) is 0 Å². The highest BCUT2D eigenvalue weighted by molar-refractivity contribution is 5.18. The van der Waals surface area contributed by atoms with Gasteiger partial charge in [-0.3, -0.25) is 0 Å². The second-order valence-electron chi connectivity index (χ2n) is 4.12. The zero-order chi connectivity index (χ0) is 11.8. The molecule has 0 aliphatic carbocycles. The van der Waals surface area contributed by atoms with Crippen molar-refractivity contribution in [3.63, 3.8) is 0 Å². The maximum Gasteiger partial charge on any atom is 0.0830 e. The van der Waals surface area contributed by atoms with E-state index in [1.54, 1.807) is 0 Å². The van der Waals surface area contributed by atoms with Crippen LogP contribution in [0.3, 0.4) is 0 Å². The number of hydrogen-bond acceptors (Lipinski definition) is 2. The van der Waals surface area contributed by atoms with E-state index in [0.717, 1.165) is 12.8 Å². The van der Waals surface area contributed by atoms with Crippen LogP contribution in [0, 0.1) is 0 Å². The summed E-state index contributed by atoms with van der Waals surface area (Å²) in [7, 11) is 0. The van der Waals surface area contributed by atoms with Gasteiger partial charge in [0, 0.05) is 0 Å². The molecule has 2 heteroatoms. The van der Waals surface area contributed by atoms with Gasteiger partial charge in [-0.2, -0.15) is 0 Å². The molecular weight excluding hydrogens is 200 g/mol. The van der Waals surface area contributed by atoms with E-state index in [2.05, 4.69) is 26.0 Å². The fourth-order valence-electron chi connectivity index (χ4n) is 1.75. The third kappa shape index (κ3) is 3.95. The lowest BCUT2D eigenvalue weighted by Gasteiger charge is -2.11. The van der Waals surface area contributed by atoms with Crippen molar-refractivity contribution in [3.8, 4) is 0 Å². The summed E-state index contributed by atoms with van der Waals surface area (Å²) in [6.07, 6.45) is 3.48. The molecule has 2 nitrogen and oxygen atoms in total. The first-order chi connectivity index (χ1) is 7.81. The molecule has 0 radical (unpaired) electrons. The minimum atomic E-state index is 0.0465. The SMILES string of the molecule is CCC.OCC1CCC(c2ccccc2)O1. The van der Waals surface area contributed by atoms with Crippen molar-refractivity contribution in [2.24, 2.45) is 0 Å². The first kappa shape index (κ1) is 13.2. The summed E-state index contributed by atoms with van der Waals surface area (Å²) in [4.78, 5) is 0. The first-order valence-corrected chi connectivity index (χ1v) is 6.13. The second-order valence-corrected chi connectivity index (χ2v) is 4.12. The smallest absolute Gasteiger partial charge is 0.0830 e. The number of aliphatic hydroxyl groups excluding tert-OH is 1. The Morgan fingerprint density at radius 2 is 1.81 bits per heavy atom. The van der Waals surface area contributed by atoms with Crippen LogP contribution in [0.4, 0.5) is 0 Å². The minimum Gasteiger partial charge on any atom is -0.394 e. The Bertz CT molecular complexity index is 271. The summed E-state index contributed by atoms with van der Waals surface area (Å²) >= 11 is 0. The molecule has 2 unspecified atom stereocenters. The number of ether oxygens (including phenoxy) is 1. The fourth-order valence-corrected chi connectivity index (χ4v) is 1.75. The molecule has 2 rings (SSSR count). The molecule has 0 saturated carbocycles. The van der Waals surface area contributed by atoms with Crippen LogP contribution in [-0.2, 0) is 4.74 Å². The summed E-state index contributed by atoms with van der Waals surface area (Å²) in [5, 5.41) is 8.91. The van der Waals surface area contributed by atoms with Gasteiger partial charge in [0.15, 0.2) is 0 Å². The Balaban J connectivity index is 0.000000386. The molecule has 0 bridgehead atoms. The van der Waals surface area contributed by atoms with Gasteiger partial charge in [0.2, 0.25) is 0 Å². The third-order valence-corrected chi connectivity index (χ3v) is 2.48. The lowest BCUT2D eigenvalue weighted by Crippen LogP contribution is -2.10. The van der Waals surface area contributed by atoms with Crippen molar-refractivity contribution in [1.82, 2.24) is 0 Å². The molecule has 16 heavy (non-hydrogen) atoms. The summed E-state index contributed by atoms with van der Waals surface area (Å²) < 4.78 is 5.65. The van der Waals surface area contributed by atoms with Crippen LogP contribution in [0.1, 0.15) is 44.8 Å². The molecule has 1 aromatic carbocycles. The van der Waals surface area contributed by atoms with Crippen LogP contribution in [0.15, 0.2) is 30.3 Å². The molecule has 1 aliphatic rings. The van der Waals surface area contributed by atoms with E-state index in [1.807, 2.05) is 18.2 Å². The van der Waals surface area contributed by atoms with Gasteiger partial charge in [-0.1, -0.05) is 50.6 Å². The lowest BCUT2D eigenvalue weighted by molar-refractivity contribution is 0.0110. The molecule has 1 aromatic rings. The fraction of sp³-hybridized carbons (Fsp3) is 0.571. The summed E-state index contributed by atoms with van der Waals surface area (Å²) in [5.74, 6) is 0. The zero-order valence-electron chi connectivity index (χ0n) is 10.2. The predicted octanol–water partition coefficient (Wildman–Crippen LogP) is 3.32. The van der Waals surface area contributed by atoms with Crippen LogP contribution < -0.4 is 0 Å². The Morgan fingerprint density at radius 1 is 1.19 bits per heavy atom. The highest BCUT2D eigenvalue weighted by Gasteiger charge is 2.25. The van der Waals surface area contributed by atoms with Crippen LogP contribution in [0.25, 0.3) is 0 Å². The monoisotopic (exact) mass is 222 g/mol. The van der Waals surface area contributed by atoms with E-state index in [0.29, 0.717) is 0 Å². The predicted molar refractivity (Wildman–Crippen MR) is 66.3 cm³/mol. The van der Waals surface area contributed by atoms with Crippen LogP contribution in [-0.4, -0.2) is 17.8 Å². The van der Waals surface area contributed by atoms with Gasteiger partial charge in [0.05, 0.1) is 18.8 Å². The van der Waals surface area contributed by atoms with Crippen molar-refractivity contribution >= 4 is 0 Å². The average Bonchev–Trinajstić information content (AvgIpc) is 2.80. The summed E-state index contributed by atoms with van der Waals surface area (Å²) in [6, 6.07) is 10.2. The van der Waals surface area contributed by atoms with Gasteiger partial charge in [-0.15, -0.1) is 0 Å². The van der Waals surface area contributed by atoms with Gasteiger partial charge in [-0.25, -0.2) is 0 Å². The maximum atomic E-state index is 8.91. The van der Waals surface area contributed by atoms with Crippen LogP contribution in [0.5, 0.6) is 0 Å². The van der Waals surface area contributed by atoms with Gasteiger partial charge in [0.1, 0.15) is 0 Å². The molecule has 1 fully saturated rings. The minimum absolute atomic E-state index is 0.0465. The normalized spacial score (nSPS) is 23.7. The summed E-state index contributed by atoms with van der Waals surface area (Å²) in [6.45, 7) is 4.39. The Kier molecular flexibility index (Phi) is 6.12. The van der Waals surface area contributed by atoms with E-state index in [9.17, 15) is 0 Å². The van der Waals surface area contributed by atoms with Crippen molar-refractivity contribution in [3.05, 3.63) is 35.9 Å². The molecule has 90 valence electrons. The van der Waals surface area contributed by atoms with E-state index in [4.69, 9.17) is 9.84 Å². The highest BCUT2D eigenvalue weighted by atomic mass is 16.5. The number of hydrogen-bond donors (Lipinski definition) is 1. The number of rotatable bonds is 2. The van der Waals surface area contributed by atoms with Crippen molar-refractivity contribution in [2.75, 3.05) is 6.61 Å². The maximum absolute atomic E-state index is 8.91. The molecule has 1 aliphatic heterocycles. The lowest BCUT2D eigenvalue weighted by atomic mass is 10.1. The van der Waals surface area contributed by atoms with E-state index in [1.165, 1.54) is 12.0 Å². The standard InChI is InChI=1S/C11H14O2.C3H8/c12-8-10-6-7-11(13-10)9-4-2-1-3-5-9;1-3-2/h1-5,10-12H,6-8H2;3H2,1-2H3. The van der Waals surface area contributed by atoms with Crippen molar-refractivity contribution < 1.29 is 9.84 Å². The molecule has 1 saturated heterocycles. The largest absolute Gasteiger partial charge is 0.394 e. The van der Waals surface area contributed by atoms with Crippen LogP contribution >= 0.6 is 0 Å². The van der Waals surface area contributed by atoms with Crippen molar-refractivity contribution in [2.45, 2.75) is 45.3 Å². The Labute approximate surface area is 98.3 Å². The summed E-state index contributed by atoms with van der Waals surface area (Å²) in [5.41, 5.74) is 1.22. The molecule has 2 atom stereocenters. The number of aliphatic hydroxyl groups is 1. The zero-order valence-corrected chi connectivity index (χ0v) is 10.2. The molecule has 1 N–H and O–H groups in total. The molecular formula is C14H22O2. The third-order valence-electron chi connectivity index (χ3n) is 2.48. The quantitative estimate of drug-likeness (QED) is 0.831. The number of benzene rings is 1. The second kappa shape index (κ2) is 7.42. The van der Waals surface area contributed by atoms with Crippen molar-refractivity contribution in [1.29, 1.82) is 0 Å². The van der Waals surface area contributed by atoms with Gasteiger partial charge in [-0.05, 0) is 18.4 Å². The Hall–Kier alpha value is -0.860. The average molecular weight is 222 g/mol. The van der Waals surface area contributed by atoms with Crippen LogP contribution in [0.2, 0.25) is 0 Å².